The lowest BCUT2D eigenvalue weighted by Crippen LogP contribution is -2.29. The second kappa shape index (κ2) is 10.2. The van der Waals surface area contributed by atoms with E-state index < -0.39 is 5.97 Å². The lowest BCUT2D eigenvalue weighted by molar-refractivity contribution is 0.0526. The normalized spacial score (nSPS) is 12.1. The molecule has 7 nitrogen and oxygen atoms in total. The molecule has 0 saturated heterocycles. The second-order valence-corrected chi connectivity index (χ2v) is 8.14. The second-order valence-electron chi connectivity index (χ2n) is 8.14. The van der Waals surface area contributed by atoms with Crippen molar-refractivity contribution in [3.05, 3.63) is 94.5 Å². The Kier molecular flexibility index (Phi) is 6.92. The summed E-state index contributed by atoms with van der Waals surface area (Å²) in [6.45, 7) is 5.00. The average Bonchev–Trinajstić information content (AvgIpc) is 3.26. The summed E-state index contributed by atoms with van der Waals surface area (Å²) in [5.74, 6) is -0.419. The first-order valence-electron chi connectivity index (χ1n) is 11.3. The van der Waals surface area contributed by atoms with E-state index in [2.05, 4.69) is 10.6 Å². The van der Waals surface area contributed by atoms with Gasteiger partial charge in [0.1, 0.15) is 0 Å². The molecule has 4 rings (SSSR count). The Morgan fingerprint density at radius 2 is 1.65 bits per heavy atom. The number of benzene rings is 3. The van der Waals surface area contributed by atoms with Gasteiger partial charge in [0.2, 0.25) is 0 Å². The molecule has 0 fully saturated rings. The van der Waals surface area contributed by atoms with E-state index in [9.17, 15) is 14.4 Å². The molecule has 3 amide bonds. The zero-order valence-corrected chi connectivity index (χ0v) is 19.3. The fraction of sp³-hybridized carbons (Fsp3) is 0.222. The molecule has 2 N–H and O–H groups in total. The van der Waals surface area contributed by atoms with Crippen LogP contribution in [-0.4, -0.2) is 31.1 Å². The molecule has 1 aliphatic rings. The van der Waals surface area contributed by atoms with Crippen LogP contribution >= 0.6 is 0 Å². The summed E-state index contributed by atoms with van der Waals surface area (Å²) in [5.41, 5.74) is 5.67. The number of esters is 1. The molecule has 7 heteroatoms. The van der Waals surface area contributed by atoms with Gasteiger partial charge in [-0.2, -0.15) is 0 Å². The number of hydrogen-bond donors (Lipinski definition) is 2. The molecule has 0 radical (unpaired) electrons. The van der Waals surface area contributed by atoms with Gasteiger partial charge >= 0.3 is 12.0 Å². The van der Waals surface area contributed by atoms with Crippen LogP contribution in [0.3, 0.4) is 0 Å². The summed E-state index contributed by atoms with van der Waals surface area (Å²) in [5, 5.41) is 5.58. The summed E-state index contributed by atoms with van der Waals surface area (Å²) < 4.78 is 4.96. The topological polar surface area (TPSA) is 87.7 Å². The van der Waals surface area contributed by atoms with Gasteiger partial charge in [-0.15, -0.1) is 0 Å². The number of urea groups is 1. The Morgan fingerprint density at radius 1 is 0.941 bits per heavy atom. The van der Waals surface area contributed by atoms with Gasteiger partial charge < -0.3 is 20.3 Å². The molecule has 0 atom stereocenters. The number of carbonyl (C=O) groups is 3. The van der Waals surface area contributed by atoms with Gasteiger partial charge in [0, 0.05) is 30.0 Å². The Morgan fingerprint density at radius 3 is 2.35 bits per heavy atom. The molecule has 0 bridgehead atoms. The molecule has 1 aliphatic heterocycles. The first kappa shape index (κ1) is 23.0. The number of aryl methyl sites for hydroxylation is 1. The van der Waals surface area contributed by atoms with Crippen LogP contribution in [0.4, 0.5) is 16.2 Å². The van der Waals surface area contributed by atoms with Crippen LogP contribution in [0.1, 0.15) is 44.3 Å². The molecule has 1 heterocycles. The largest absolute Gasteiger partial charge is 0.462 e. The number of ether oxygens (including phenoxy) is 1. The van der Waals surface area contributed by atoms with Crippen molar-refractivity contribution in [2.75, 3.05) is 23.4 Å². The monoisotopic (exact) mass is 457 g/mol. The Labute approximate surface area is 198 Å². The van der Waals surface area contributed by atoms with Crippen molar-refractivity contribution >= 4 is 29.3 Å². The van der Waals surface area contributed by atoms with Gasteiger partial charge in [0.25, 0.3) is 5.91 Å². The number of rotatable bonds is 6. The first-order chi connectivity index (χ1) is 16.4. The van der Waals surface area contributed by atoms with Crippen molar-refractivity contribution in [2.45, 2.75) is 26.8 Å². The minimum atomic E-state index is -0.398. The molecule has 0 aromatic heterocycles. The van der Waals surface area contributed by atoms with Gasteiger partial charge in [0.15, 0.2) is 0 Å². The minimum Gasteiger partial charge on any atom is -0.462 e. The zero-order valence-electron chi connectivity index (χ0n) is 19.3. The lowest BCUT2D eigenvalue weighted by atomic mass is 10.1. The van der Waals surface area contributed by atoms with Crippen molar-refractivity contribution < 1.29 is 19.1 Å². The van der Waals surface area contributed by atoms with Crippen molar-refractivity contribution in [1.82, 2.24) is 5.32 Å². The molecule has 34 heavy (non-hydrogen) atoms. The van der Waals surface area contributed by atoms with Gasteiger partial charge in [0.05, 0.1) is 12.2 Å². The third-order valence-electron chi connectivity index (χ3n) is 5.70. The maximum atomic E-state index is 13.0. The average molecular weight is 458 g/mol. The van der Waals surface area contributed by atoms with Crippen LogP contribution in [0.15, 0.2) is 66.7 Å². The lowest BCUT2D eigenvalue weighted by Gasteiger charge is -2.18. The number of carbonyl (C=O) groups excluding carboxylic acids is 3. The summed E-state index contributed by atoms with van der Waals surface area (Å²) in [6, 6.07) is 19.7. The fourth-order valence-electron chi connectivity index (χ4n) is 3.86. The highest BCUT2D eigenvalue weighted by atomic mass is 16.5. The van der Waals surface area contributed by atoms with Gasteiger partial charge in [-0.05, 0) is 73.9 Å². The van der Waals surface area contributed by atoms with Crippen LogP contribution in [0, 0.1) is 6.92 Å². The van der Waals surface area contributed by atoms with Gasteiger partial charge in [-0.25, -0.2) is 9.59 Å². The zero-order chi connectivity index (χ0) is 24.1. The highest BCUT2D eigenvalue weighted by Crippen LogP contribution is 2.30. The van der Waals surface area contributed by atoms with E-state index in [1.54, 1.807) is 36.1 Å². The molecule has 174 valence electrons. The van der Waals surface area contributed by atoms with Crippen molar-refractivity contribution in [2.24, 2.45) is 0 Å². The van der Waals surface area contributed by atoms with Crippen LogP contribution in [0.25, 0.3) is 0 Å². The SMILES string of the molecule is CCOC(=O)c1ccc(NC(=O)NCc2ccc3c(c2)N(C(=O)c2ccc(C)cc2)CC3)cc1. The number of nitrogens with one attached hydrogen (secondary N) is 2. The van der Waals surface area contributed by atoms with E-state index in [-0.39, 0.29) is 11.9 Å². The number of fused-ring (bicyclic) bond motifs is 1. The van der Waals surface area contributed by atoms with Crippen LogP contribution in [0.2, 0.25) is 0 Å². The van der Waals surface area contributed by atoms with Crippen molar-refractivity contribution in [1.29, 1.82) is 0 Å². The van der Waals surface area contributed by atoms with E-state index in [0.717, 1.165) is 28.8 Å². The van der Waals surface area contributed by atoms with E-state index in [1.807, 2.05) is 49.4 Å². The highest BCUT2D eigenvalue weighted by Gasteiger charge is 2.25. The number of amides is 3. The van der Waals surface area contributed by atoms with E-state index in [0.29, 0.717) is 36.5 Å². The van der Waals surface area contributed by atoms with Crippen molar-refractivity contribution in [3.63, 3.8) is 0 Å². The number of nitrogens with zero attached hydrogens (tertiary/aromatic N) is 1. The standard InChI is InChI=1S/C27H27N3O4/c1-3-34-26(32)22-10-12-23(13-11-22)29-27(33)28-17-19-6-9-20-14-15-30(24(20)16-19)25(31)21-7-4-18(2)5-8-21/h4-13,16H,3,14-15,17H2,1-2H3,(H2,28,29,33). The van der Waals surface area contributed by atoms with Crippen LogP contribution in [0.5, 0.6) is 0 Å². The summed E-state index contributed by atoms with van der Waals surface area (Å²) in [4.78, 5) is 38.9. The maximum absolute atomic E-state index is 13.0. The van der Waals surface area contributed by atoms with E-state index >= 15 is 0 Å². The number of anilines is 2. The predicted octanol–water partition coefficient (Wildman–Crippen LogP) is 4.70. The number of hydrogen-bond acceptors (Lipinski definition) is 4. The highest BCUT2D eigenvalue weighted by molar-refractivity contribution is 6.07. The molecule has 3 aromatic rings. The Bertz CT molecular complexity index is 1200. The minimum absolute atomic E-state index is 0.0205. The van der Waals surface area contributed by atoms with Crippen LogP contribution in [-0.2, 0) is 17.7 Å². The third kappa shape index (κ3) is 5.26. The Balaban J connectivity index is 1.36. The third-order valence-corrected chi connectivity index (χ3v) is 5.70. The van der Waals surface area contributed by atoms with E-state index in [1.165, 1.54) is 0 Å². The quantitative estimate of drug-likeness (QED) is 0.526. The summed E-state index contributed by atoms with van der Waals surface area (Å²) in [7, 11) is 0. The first-order valence-corrected chi connectivity index (χ1v) is 11.3. The van der Waals surface area contributed by atoms with Gasteiger partial charge in [-0.3, -0.25) is 4.79 Å². The maximum Gasteiger partial charge on any atom is 0.338 e. The van der Waals surface area contributed by atoms with Crippen molar-refractivity contribution in [3.8, 4) is 0 Å². The summed E-state index contributed by atoms with van der Waals surface area (Å²) >= 11 is 0. The molecule has 0 spiro atoms. The molecular weight excluding hydrogens is 430 g/mol. The fourth-order valence-corrected chi connectivity index (χ4v) is 3.86. The summed E-state index contributed by atoms with van der Waals surface area (Å²) in [6.07, 6.45) is 0.808. The molecular formula is C27H27N3O4. The van der Waals surface area contributed by atoms with Crippen LogP contribution < -0.4 is 15.5 Å². The molecule has 0 aliphatic carbocycles. The molecule has 0 saturated carbocycles. The van der Waals surface area contributed by atoms with Gasteiger partial charge in [-0.1, -0.05) is 29.8 Å². The smallest absolute Gasteiger partial charge is 0.338 e. The molecule has 0 unspecified atom stereocenters. The Hall–Kier alpha value is -4.13. The molecule has 3 aromatic carbocycles. The van der Waals surface area contributed by atoms with E-state index in [4.69, 9.17) is 4.74 Å². The predicted molar refractivity (Wildman–Crippen MR) is 131 cm³/mol.